The number of halogens is 1. The lowest BCUT2D eigenvalue weighted by molar-refractivity contribution is 0.627. The summed E-state index contributed by atoms with van der Waals surface area (Å²) in [5.41, 5.74) is 2.12. The first kappa shape index (κ1) is 11.1. The van der Waals surface area contributed by atoms with E-state index in [1.54, 1.807) is 23.9 Å². The van der Waals surface area contributed by atoms with E-state index < -0.39 is 0 Å². The number of pyridine rings is 1. The predicted octanol–water partition coefficient (Wildman–Crippen LogP) is 3.82. The molecule has 0 spiro atoms. The molecule has 82 valence electrons. The van der Waals surface area contributed by atoms with Gasteiger partial charge in [-0.1, -0.05) is 18.2 Å². The van der Waals surface area contributed by atoms with Gasteiger partial charge in [0.2, 0.25) is 0 Å². The van der Waals surface area contributed by atoms with Gasteiger partial charge in [-0.15, -0.1) is 11.8 Å². The van der Waals surface area contributed by atoms with E-state index in [1.165, 1.54) is 12.1 Å². The van der Waals surface area contributed by atoms with Crippen LogP contribution in [0.4, 0.5) is 4.39 Å². The van der Waals surface area contributed by atoms with Gasteiger partial charge in [0.15, 0.2) is 0 Å². The second-order valence-electron chi connectivity index (χ2n) is 3.53. The second kappa shape index (κ2) is 5.12. The van der Waals surface area contributed by atoms with Crippen LogP contribution in [0, 0.1) is 12.7 Å². The maximum absolute atomic E-state index is 12.7. The summed E-state index contributed by atoms with van der Waals surface area (Å²) in [6, 6.07) is 12.5. The van der Waals surface area contributed by atoms with E-state index in [-0.39, 0.29) is 5.82 Å². The Morgan fingerprint density at radius 3 is 2.56 bits per heavy atom. The van der Waals surface area contributed by atoms with E-state index in [2.05, 4.69) is 4.98 Å². The van der Waals surface area contributed by atoms with Crippen molar-refractivity contribution in [2.45, 2.75) is 17.7 Å². The minimum Gasteiger partial charge on any atom is -0.247 e. The van der Waals surface area contributed by atoms with Crippen LogP contribution in [0.25, 0.3) is 0 Å². The summed E-state index contributed by atoms with van der Waals surface area (Å²) < 4.78 is 12.7. The lowest BCUT2D eigenvalue weighted by Gasteiger charge is -2.02. The van der Waals surface area contributed by atoms with Gasteiger partial charge in [0.1, 0.15) is 5.82 Å². The fourth-order valence-electron chi connectivity index (χ4n) is 1.34. The van der Waals surface area contributed by atoms with E-state index in [0.717, 1.165) is 22.0 Å². The highest BCUT2D eigenvalue weighted by Crippen LogP contribution is 2.20. The zero-order valence-electron chi connectivity index (χ0n) is 8.98. The van der Waals surface area contributed by atoms with Crippen LogP contribution in [-0.2, 0) is 5.75 Å². The molecule has 0 atom stereocenters. The Morgan fingerprint density at radius 1 is 1.12 bits per heavy atom. The van der Waals surface area contributed by atoms with Crippen LogP contribution in [0.5, 0.6) is 0 Å². The molecule has 1 heterocycles. The number of benzene rings is 1. The molecule has 0 aliphatic rings. The molecule has 0 N–H and O–H groups in total. The molecule has 0 amide bonds. The second-order valence-corrected chi connectivity index (χ2v) is 4.53. The number of hydrogen-bond acceptors (Lipinski definition) is 2. The molecule has 1 aromatic carbocycles. The Hall–Kier alpha value is -1.35. The van der Waals surface area contributed by atoms with Crippen molar-refractivity contribution in [1.29, 1.82) is 0 Å². The first-order valence-electron chi connectivity index (χ1n) is 5.05. The van der Waals surface area contributed by atoms with Crippen LogP contribution in [0.3, 0.4) is 0 Å². The van der Waals surface area contributed by atoms with Crippen LogP contribution in [0.1, 0.15) is 11.3 Å². The summed E-state index contributed by atoms with van der Waals surface area (Å²) in [5, 5.41) is 1.00. The first-order valence-corrected chi connectivity index (χ1v) is 6.03. The third-order valence-corrected chi connectivity index (χ3v) is 3.16. The van der Waals surface area contributed by atoms with Gasteiger partial charge in [0.25, 0.3) is 0 Å². The van der Waals surface area contributed by atoms with Crippen LogP contribution in [0.2, 0.25) is 0 Å². The summed E-state index contributed by atoms with van der Waals surface area (Å²) in [4.78, 5) is 4.39. The largest absolute Gasteiger partial charge is 0.247 e. The molecule has 0 unspecified atom stereocenters. The highest BCUT2D eigenvalue weighted by Gasteiger charge is 1.98. The molecule has 3 heteroatoms. The number of aryl methyl sites for hydroxylation is 1. The van der Waals surface area contributed by atoms with Crippen molar-refractivity contribution in [3.8, 4) is 0 Å². The molecule has 1 nitrogen and oxygen atoms in total. The van der Waals surface area contributed by atoms with Crippen molar-refractivity contribution in [2.75, 3.05) is 0 Å². The van der Waals surface area contributed by atoms with Gasteiger partial charge in [-0.3, -0.25) is 0 Å². The van der Waals surface area contributed by atoms with Gasteiger partial charge in [-0.2, -0.15) is 0 Å². The summed E-state index contributed by atoms with van der Waals surface area (Å²) >= 11 is 1.66. The zero-order valence-corrected chi connectivity index (χ0v) is 9.80. The topological polar surface area (TPSA) is 12.9 Å². The van der Waals surface area contributed by atoms with E-state index in [4.69, 9.17) is 0 Å². The summed E-state index contributed by atoms with van der Waals surface area (Å²) in [6.07, 6.45) is 0. The van der Waals surface area contributed by atoms with E-state index in [1.807, 2.05) is 25.1 Å². The molecular formula is C13H12FNS. The molecule has 2 aromatic rings. The van der Waals surface area contributed by atoms with E-state index >= 15 is 0 Å². The van der Waals surface area contributed by atoms with Crippen molar-refractivity contribution in [3.63, 3.8) is 0 Å². The Bertz CT molecular complexity index is 468. The molecule has 16 heavy (non-hydrogen) atoms. The highest BCUT2D eigenvalue weighted by molar-refractivity contribution is 7.98. The van der Waals surface area contributed by atoms with Crippen molar-refractivity contribution in [3.05, 3.63) is 59.5 Å². The van der Waals surface area contributed by atoms with Gasteiger partial charge in [0, 0.05) is 11.4 Å². The summed E-state index contributed by atoms with van der Waals surface area (Å²) in [7, 11) is 0. The number of thioether (sulfide) groups is 1. The molecule has 0 aliphatic carbocycles. The van der Waals surface area contributed by atoms with Gasteiger partial charge in [-0.05, 0) is 36.8 Å². The van der Waals surface area contributed by atoms with E-state index in [0.29, 0.717) is 0 Å². The maximum atomic E-state index is 12.7. The van der Waals surface area contributed by atoms with Crippen LogP contribution in [0.15, 0.2) is 47.5 Å². The minimum absolute atomic E-state index is 0.192. The Labute approximate surface area is 98.7 Å². The number of hydrogen-bond donors (Lipinski definition) is 0. The minimum atomic E-state index is -0.192. The average Bonchev–Trinajstić information content (AvgIpc) is 2.28. The zero-order chi connectivity index (χ0) is 11.4. The molecule has 0 radical (unpaired) electrons. The fourth-order valence-corrected chi connectivity index (χ4v) is 2.23. The third kappa shape index (κ3) is 3.07. The molecular weight excluding hydrogens is 221 g/mol. The average molecular weight is 233 g/mol. The quantitative estimate of drug-likeness (QED) is 0.747. The normalized spacial score (nSPS) is 10.4. The smallest absolute Gasteiger partial charge is 0.123 e. The SMILES string of the molecule is Cc1cccc(SCc2ccc(F)cc2)n1. The van der Waals surface area contributed by atoms with Gasteiger partial charge in [0.05, 0.1) is 5.03 Å². The van der Waals surface area contributed by atoms with Gasteiger partial charge in [-0.25, -0.2) is 9.37 Å². The third-order valence-electron chi connectivity index (χ3n) is 2.16. The molecule has 0 saturated heterocycles. The summed E-state index contributed by atoms with van der Waals surface area (Å²) in [6.45, 7) is 1.97. The molecule has 0 saturated carbocycles. The first-order chi connectivity index (χ1) is 7.74. The monoisotopic (exact) mass is 233 g/mol. The van der Waals surface area contributed by atoms with Crippen molar-refractivity contribution in [2.24, 2.45) is 0 Å². The van der Waals surface area contributed by atoms with Crippen molar-refractivity contribution < 1.29 is 4.39 Å². The van der Waals surface area contributed by atoms with Crippen LogP contribution in [-0.4, -0.2) is 4.98 Å². The number of aromatic nitrogens is 1. The van der Waals surface area contributed by atoms with Crippen molar-refractivity contribution in [1.82, 2.24) is 4.98 Å². The predicted molar refractivity (Wildman–Crippen MR) is 64.9 cm³/mol. The van der Waals surface area contributed by atoms with Gasteiger partial charge < -0.3 is 0 Å². The highest BCUT2D eigenvalue weighted by atomic mass is 32.2. The lowest BCUT2D eigenvalue weighted by Crippen LogP contribution is -1.85. The maximum Gasteiger partial charge on any atom is 0.123 e. The Morgan fingerprint density at radius 2 is 1.88 bits per heavy atom. The summed E-state index contributed by atoms with van der Waals surface area (Å²) in [5.74, 6) is 0.624. The number of nitrogens with zero attached hydrogens (tertiary/aromatic N) is 1. The van der Waals surface area contributed by atoms with Crippen LogP contribution >= 0.6 is 11.8 Å². The molecule has 0 aliphatic heterocycles. The Kier molecular flexibility index (Phi) is 3.57. The fraction of sp³-hybridized carbons (Fsp3) is 0.154. The Balaban J connectivity index is 1.99. The van der Waals surface area contributed by atoms with Gasteiger partial charge >= 0.3 is 0 Å². The number of rotatable bonds is 3. The molecule has 0 bridgehead atoms. The molecule has 2 rings (SSSR count). The lowest BCUT2D eigenvalue weighted by atomic mass is 10.2. The van der Waals surface area contributed by atoms with Crippen molar-refractivity contribution >= 4 is 11.8 Å². The van der Waals surface area contributed by atoms with Crippen LogP contribution < -0.4 is 0 Å². The molecule has 1 aromatic heterocycles. The standard InChI is InChI=1S/C13H12FNS/c1-10-3-2-4-13(15-10)16-9-11-5-7-12(14)8-6-11/h2-8H,9H2,1H3. The van der Waals surface area contributed by atoms with E-state index in [9.17, 15) is 4.39 Å². The molecule has 0 fully saturated rings.